The lowest BCUT2D eigenvalue weighted by Crippen LogP contribution is -2.18. The third kappa shape index (κ3) is 5.40. The van der Waals surface area contributed by atoms with Crippen molar-refractivity contribution >= 4 is 29.7 Å². The van der Waals surface area contributed by atoms with Crippen molar-refractivity contribution in [2.24, 2.45) is 5.10 Å². The molecule has 0 bridgehead atoms. The summed E-state index contributed by atoms with van der Waals surface area (Å²) in [6.07, 6.45) is 1.40. The first-order valence-electron chi connectivity index (χ1n) is 9.00. The average molecular weight is 443 g/mol. The summed E-state index contributed by atoms with van der Waals surface area (Å²) in [4.78, 5) is 23.6. The highest BCUT2D eigenvalue weighted by molar-refractivity contribution is 6.30. The Morgan fingerprint density at radius 1 is 1.10 bits per heavy atom. The predicted octanol–water partition coefficient (Wildman–Crippen LogP) is 3.44. The summed E-state index contributed by atoms with van der Waals surface area (Å²) in [6.45, 7) is 1.28. The van der Waals surface area contributed by atoms with Crippen molar-refractivity contribution in [1.29, 1.82) is 0 Å². The molecule has 0 atom stereocenters. The van der Waals surface area contributed by atoms with Gasteiger partial charge in [-0.1, -0.05) is 23.7 Å². The fourth-order valence-electron chi connectivity index (χ4n) is 2.65. The molecule has 2 N–H and O–H groups in total. The van der Waals surface area contributed by atoms with Crippen LogP contribution in [0.25, 0.3) is 11.3 Å². The van der Waals surface area contributed by atoms with Crippen molar-refractivity contribution in [3.63, 3.8) is 0 Å². The average Bonchev–Trinajstić information content (AvgIpc) is 3.25. The van der Waals surface area contributed by atoms with Gasteiger partial charge in [0.05, 0.1) is 26.1 Å². The molecule has 0 spiro atoms. The van der Waals surface area contributed by atoms with Crippen molar-refractivity contribution in [3.05, 3.63) is 58.7 Å². The van der Waals surface area contributed by atoms with Crippen molar-refractivity contribution < 1.29 is 23.8 Å². The van der Waals surface area contributed by atoms with E-state index in [1.165, 1.54) is 27.4 Å². The van der Waals surface area contributed by atoms with Crippen LogP contribution in [0.5, 0.6) is 17.2 Å². The van der Waals surface area contributed by atoms with Gasteiger partial charge in [-0.15, -0.1) is 0 Å². The second-order valence-electron chi connectivity index (χ2n) is 6.22. The largest absolute Gasteiger partial charge is 0.493 e. The van der Waals surface area contributed by atoms with Gasteiger partial charge in [0.25, 0.3) is 5.91 Å². The summed E-state index contributed by atoms with van der Waals surface area (Å²) in [5.74, 6) is -0.264. The maximum atomic E-state index is 12.3. The van der Waals surface area contributed by atoms with E-state index in [4.69, 9.17) is 25.8 Å². The van der Waals surface area contributed by atoms with Crippen molar-refractivity contribution in [2.75, 3.05) is 14.2 Å². The van der Waals surface area contributed by atoms with Crippen LogP contribution in [0.1, 0.15) is 23.0 Å². The Hall–Kier alpha value is -3.85. The Morgan fingerprint density at radius 2 is 1.74 bits per heavy atom. The molecule has 0 fully saturated rings. The fourth-order valence-corrected chi connectivity index (χ4v) is 2.78. The number of ether oxygens (including phenoxy) is 3. The summed E-state index contributed by atoms with van der Waals surface area (Å²) in [5, 5.41) is 11.4. The van der Waals surface area contributed by atoms with Gasteiger partial charge in [0.15, 0.2) is 11.5 Å². The number of nitrogens with zero attached hydrogens (tertiary/aromatic N) is 2. The smallest absolute Gasteiger partial charge is 0.308 e. The van der Waals surface area contributed by atoms with Crippen LogP contribution in [0.15, 0.2) is 47.6 Å². The molecule has 3 rings (SSSR count). The number of benzene rings is 2. The Kier molecular flexibility index (Phi) is 6.88. The van der Waals surface area contributed by atoms with Crippen LogP contribution in [0.2, 0.25) is 5.02 Å². The number of carbonyl (C=O) groups is 2. The number of hydrogen-bond donors (Lipinski definition) is 2. The third-order valence-electron chi connectivity index (χ3n) is 4.07. The number of rotatable bonds is 7. The van der Waals surface area contributed by atoms with Gasteiger partial charge in [-0.25, -0.2) is 5.43 Å². The van der Waals surface area contributed by atoms with E-state index in [0.29, 0.717) is 16.3 Å². The van der Waals surface area contributed by atoms with E-state index in [0.717, 1.165) is 5.56 Å². The molecule has 0 aliphatic heterocycles. The standard InChI is InChI=1S/C21H19ClN4O5/c1-12(27)31-20-18(29-2)8-13(9-19(20)30-3)11-23-26-21(28)17-10-16(24-25-17)14-4-6-15(22)7-5-14/h4-11H,1-3H3,(H,24,25)(H,26,28)/b23-11-. The van der Waals surface area contributed by atoms with Gasteiger partial charge < -0.3 is 14.2 Å². The van der Waals surface area contributed by atoms with E-state index in [2.05, 4.69) is 20.7 Å². The second kappa shape index (κ2) is 9.77. The van der Waals surface area contributed by atoms with Crippen molar-refractivity contribution in [3.8, 4) is 28.5 Å². The highest BCUT2D eigenvalue weighted by Crippen LogP contribution is 2.38. The van der Waals surface area contributed by atoms with Gasteiger partial charge in [-0.2, -0.15) is 10.2 Å². The van der Waals surface area contributed by atoms with Crippen LogP contribution in [-0.4, -0.2) is 42.5 Å². The maximum absolute atomic E-state index is 12.3. The lowest BCUT2D eigenvalue weighted by molar-refractivity contribution is -0.132. The van der Waals surface area contributed by atoms with E-state index in [1.54, 1.807) is 42.5 Å². The lowest BCUT2D eigenvalue weighted by atomic mass is 10.1. The molecule has 0 radical (unpaired) electrons. The van der Waals surface area contributed by atoms with E-state index in [9.17, 15) is 9.59 Å². The Bertz CT molecular complexity index is 1100. The van der Waals surface area contributed by atoms with E-state index in [-0.39, 0.29) is 22.9 Å². The molecule has 31 heavy (non-hydrogen) atoms. The molecule has 0 aliphatic rings. The molecule has 9 nitrogen and oxygen atoms in total. The first-order valence-corrected chi connectivity index (χ1v) is 9.38. The lowest BCUT2D eigenvalue weighted by Gasteiger charge is -2.13. The SMILES string of the molecule is COc1cc(/C=N\NC(=O)c2cc(-c3ccc(Cl)cc3)n[nH]2)cc(OC)c1OC(C)=O. The van der Waals surface area contributed by atoms with Crippen LogP contribution in [0.3, 0.4) is 0 Å². The van der Waals surface area contributed by atoms with E-state index < -0.39 is 11.9 Å². The van der Waals surface area contributed by atoms with Gasteiger partial charge in [-0.3, -0.25) is 14.7 Å². The van der Waals surface area contributed by atoms with Crippen molar-refractivity contribution in [2.45, 2.75) is 6.92 Å². The molecule has 0 unspecified atom stereocenters. The highest BCUT2D eigenvalue weighted by Gasteiger charge is 2.16. The highest BCUT2D eigenvalue weighted by atomic mass is 35.5. The third-order valence-corrected chi connectivity index (χ3v) is 4.32. The zero-order chi connectivity index (χ0) is 22.4. The molecular formula is C21H19ClN4O5. The molecule has 1 heterocycles. The number of H-pyrrole nitrogens is 1. The van der Waals surface area contributed by atoms with Gasteiger partial charge in [0, 0.05) is 23.1 Å². The number of carbonyl (C=O) groups excluding carboxylic acids is 2. The number of aromatic amines is 1. The molecule has 2 aromatic carbocycles. The first kappa shape index (κ1) is 21.8. The number of hydrogen-bond acceptors (Lipinski definition) is 7. The number of aromatic nitrogens is 2. The normalized spacial score (nSPS) is 10.7. The van der Waals surface area contributed by atoms with Crippen LogP contribution >= 0.6 is 11.6 Å². The monoisotopic (exact) mass is 442 g/mol. The van der Waals surface area contributed by atoms with Crippen LogP contribution in [-0.2, 0) is 4.79 Å². The minimum Gasteiger partial charge on any atom is -0.493 e. The molecular weight excluding hydrogens is 424 g/mol. The van der Waals surface area contributed by atoms with Crippen molar-refractivity contribution in [1.82, 2.24) is 15.6 Å². The summed E-state index contributed by atoms with van der Waals surface area (Å²) >= 11 is 5.89. The summed E-state index contributed by atoms with van der Waals surface area (Å²) in [7, 11) is 2.86. The second-order valence-corrected chi connectivity index (χ2v) is 6.66. The number of methoxy groups -OCH3 is 2. The molecule has 0 saturated carbocycles. The molecule has 1 amide bonds. The van der Waals surface area contributed by atoms with Gasteiger partial charge in [-0.05, 0) is 30.3 Å². The zero-order valence-corrected chi connectivity index (χ0v) is 17.7. The molecule has 1 aromatic heterocycles. The minimum absolute atomic E-state index is 0.158. The molecule has 160 valence electrons. The maximum Gasteiger partial charge on any atom is 0.308 e. The fraction of sp³-hybridized carbons (Fsp3) is 0.143. The summed E-state index contributed by atoms with van der Waals surface area (Å²) < 4.78 is 15.6. The van der Waals surface area contributed by atoms with Gasteiger partial charge in [0.2, 0.25) is 5.75 Å². The van der Waals surface area contributed by atoms with Gasteiger partial charge >= 0.3 is 5.97 Å². The van der Waals surface area contributed by atoms with E-state index >= 15 is 0 Å². The summed E-state index contributed by atoms with van der Waals surface area (Å²) in [5.41, 5.74) is 4.62. The van der Waals surface area contributed by atoms with Gasteiger partial charge in [0.1, 0.15) is 5.69 Å². The Labute approximate surface area is 183 Å². The van der Waals surface area contributed by atoms with Crippen LogP contribution in [0.4, 0.5) is 0 Å². The molecule has 10 heteroatoms. The zero-order valence-electron chi connectivity index (χ0n) is 16.9. The van der Waals surface area contributed by atoms with E-state index in [1.807, 2.05) is 0 Å². The molecule has 0 aliphatic carbocycles. The Balaban J connectivity index is 1.72. The molecule has 3 aromatic rings. The predicted molar refractivity (Wildman–Crippen MR) is 115 cm³/mol. The first-order chi connectivity index (χ1) is 14.9. The quantitative estimate of drug-likeness (QED) is 0.251. The summed E-state index contributed by atoms with van der Waals surface area (Å²) in [6, 6.07) is 11.9. The van der Waals surface area contributed by atoms with Crippen LogP contribution < -0.4 is 19.6 Å². The molecule has 0 saturated heterocycles. The van der Waals surface area contributed by atoms with Crippen LogP contribution in [0, 0.1) is 0 Å². The number of hydrazone groups is 1. The number of nitrogens with one attached hydrogen (secondary N) is 2. The number of halogens is 1. The topological polar surface area (TPSA) is 115 Å². The number of esters is 1. The Morgan fingerprint density at radius 3 is 2.32 bits per heavy atom. The number of amides is 1. The minimum atomic E-state index is -0.511.